The van der Waals surface area contributed by atoms with Crippen molar-refractivity contribution in [2.75, 3.05) is 13.7 Å². The van der Waals surface area contributed by atoms with E-state index in [1.807, 2.05) is 0 Å². The van der Waals surface area contributed by atoms with Crippen LogP contribution in [0.25, 0.3) is 0 Å². The van der Waals surface area contributed by atoms with Crippen LogP contribution in [0.2, 0.25) is 0 Å². The maximum absolute atomic E-state index is 12.3. The summed E-state index contributed by atoms with van der Waals surface area (Å²) in [5, 5.41) is 0. The van der Waals surface area contributed by atoms with E-state index in [0.717, 1.165) is 0 Å². The van der Waals surface area contributed by atoms with Gasteiger partial charge in [0.2, 0.25) is 15.9 Å². The molecule has 0 saturated carbocycles. The number of benzene rings is 1. The molecule has 126 valence electrons. The molecule has 1 amide bonds. The van der Waals surface area contributed by atoms with Gasteiger partial charge in [0.05, 0.1) is 18.4 Å². The molecule has 23 heavy (non-hydrogen) atoms. The molecular weight excluding hydrogens is 324 g/mol. The number of ether oxygens (including phenoxy) is 2. The lowest BCUT2D eigenvalue weighted by Gasteiger charge is -2.16. The van der Waals surface area contributed by atoms with E-state index in [-0.39, 0.29) is 11.5 Å². The predicted molar refractivity (Wildman–Crippen MR) is 82.1 cm³/mol. The van der Waals surface area contributed by atoms with Gasteiger partial charge in [-0.05, 0) is 24.3 Å². The van der Waals surface area contributed by atoms with Crippen molar-refractivity contribution in [3.8, 4) is 5.75 Å². The molecule has 0 spiro atoms. The first-order valence-corrected chi connectivity index (χ1v) is 8.00. The van der Waals surface area contributed by atoms with Crippen molar-refractivity contribution < 1.29 is 27.5 Å². The molecule has 8 nitrogen and oxygen atoms in total. The van der Waals surface area contributed by atoms with Gasteiger partial charge in [-0.25, -0.2) is 8.42 Å². The van der Waals surface area contributed by atoms with Crippen molar-refractivity contribution in [3.05, 3.63) is 36.9 Å². The molecule has 0 unspecified atom stereocenters. The zero-order valence-corrected chi connectivity index (χ0v) is 13.3. The highest BCUT2D eigenvalue weighted by molar-refractivity contribution is 7.89. The topological polar surface area (TPSA) is 125 Å². The normalized spacial score (nSPS) is 12.2. The van der Waals surface area contributed by atoms with Gasteiger partial charge in [0.25, 0.3) is 0 Å². The Morgan fingerprint density at radius 3 is 2.43 bits per heavy atom. The number of nitrogens with one attached hydrogen (secondary N) is 1. The number of carbonyl (C=O) groups excluding carboxylic acids is 2. The Balaban J connectivity index is 2.96. The van der Waals surface area contributed by atoms with E-state index in [4.69, 9.17) is 15.2 Å². The van der Waals surface area contributed by atoms with Crippen LogP contribution in [0.3, 0.4) is 0 Å². The Morgan fingerprint density at radius 2 is 1.96 bits per heavy atom. The summed E-state index contributed by atoms with van der Waals surface area (Å²) in [6.45, 7) is 3.26. The molecule has 1 aromatic carbocycles. The number of hydrogen-bond acceptors (Lipinski definition) is 6. The average molecular weight is 342 g/mol. The molecule has 0 aliphatic carbocycles. The molecule has 1 atom stereocenters. The van der Waals surface area contributed by atoms with Crippen molar-refractivity contribution >= 4 is 21.9 Å². The lowest BCUT2D eigenvalue weighted by Crippen LogP contribution is -2.44. The van der Waals surface area contributed by atoms with Gasteiger partial charge in [0.1, 0.15) is 18.4 Å². The monoisotopic (exact) mass is 342 g/mol. The van der Waals surface area contributed by atoms with Crippen molar-refractivity contribution in [1.29, 1.82) is 0 Å². The molecule has 0 aliphatic heterocycles. The number of nitrogens with two attached hydrogens (primary N) is 1. The smallest absolute Gasteiger partial charge is 0.325 e. The zero-order chi connectivity index (χ0) is 17.5. The predicted octanol–water partition coefficient (Wildman–Crippen LogP) is -0.0533. The summed E-state index contributed by atoms with van der Waals surface area (Å²) in [5.74, 6) is -1.29. The van der Waals surface area contributed by atoms with Gasteiger partial charge in [-0.2, -0.15) is 4.72 Å². The third-order valence-electron chi connectivity index (χ3n) is 2.70. The fourth-order valence-electron chi connectivity index (χ4n) is 1.63. The van der Waals surface area contributed by atoms with Crippen molar-refractivity contribution in [2.24, 2.45) is 5.73 Å². The second kappa shape index (κ2) is 8.30. The van der Waals surface area contributed by atoms with Crippen molar-refractivity contribution in [1.82, 2.24) is 4.72 Å². The minimum absolute atomic E-state index is 0.0932. The summed E-state index contributed by atoms with van der Waals surface area (Å²) in [4.78, 5) is 22.8. The first kappa shape index (κ1) is 18.7. The van der Waals surface area contributed by atoms with Crippen LogP contribution in [0, 0.1) is 0 Å². The summed E-state index contributed by atoms with van der Waals surface area (Å²) in [5.41, 5.74) is 5.04. The molecule has 0 radical (unpaired) electrons. The molecule has 0 saturated heterocycles. The lowest BCUT2D eigenvalue weighted by molar-refractivity contribution is -0.145. The number of carbonyl (C=O) groups is 2. The third-order valence-corrected chi connectivity index (χ3v) is 4.19. The molecule has 0 heterocycles. The zero-order valence-electron chi connectivity index (χ0n) is 12.5. The Kier molecular flexibility index (Phi) is 6.73. The maximum atomic E-state index is 12.3. The minimum atomic E-state index is -4.04. The number of sulfonamides is 1. The van der Waals surface area contributed by atoms with E-state index in [0.29, 0.717) is 5.75 Å². The first-order valence-electron chi connectivity index (χ1n) is 6.52. The fraction of sp³-hybridized carbons (Fsp3) is 0.286. The Morgan fingerprint density at radius 1 is 1.35 bits per heavy atom. The standard InChI is InChI=1S/C14H18N2O6S/c1-3-8-22-14(18)12(9-13(15)17)16-23(19,20)11-6-4-10(21-2)5-7-11/h3-7,12,16H,1,8-9H2,2H3,(H2,15,17)/t12-/m1/s1. The lowest BCUT2D eigenvalue weighted by atomic mass is 10.2. The summed E-state index contributed by atoms with van der Waals surface area (Å²) in [7, 11) is -2.60. The number of hydrogen-bond donors (Lipinski definition) is 2. The van der Waals surface area contributed by atoms with E-state index in [9.17, 15) is 18.0 Å². The quantitative estimate of drug-likeness (QED) is 0.479. The fourth-order valence-corrected chi connectivity index (χ4v) is 2.81. The molecule has 0 fully saturated rings. The van der Waals surface area contributed by atoms with E-state index in [1.54, 1.807) is 0 Å². The highest BCUT2D eigenvalue weighted by Gasteiger charge is 2.28. The number of esters is 1. The molecule has 0 aliphatic rings. The van der Waals surface area contributed by atoms with Gasteiger partial charge in [0.15, 0.2) is 0 Å². The van der Waals surface area contributed by atoms with Crippen LogP contribution in [0.15, 0.2) is 41.8 Å². The van der Waals surface area contributed by atoms with Crippen LogP contribution >= 0.6 is 0 Å². The second-order valence-corrected chi connectivity index (χ2v) is 6.15. The average Bonchev–Trinajstić information content (AvgIpc) is 2.51. The van der Waals surface area contributed by atoms with Crippen LogP contribution in [0.4, 0.5) is 0 Å². The van der Waals surface area contributed by atoms with Gasteiger partial charge < -0.3 is 15.2 Å². The SMILES string of the molecule is C=CCOC(=O)[C@@H](CC(N)=O)NS(=O)(=O)c1ccc(OC)cc1. The van der Waals surface area contributed by atoms with E-state index < -0.39 is 34.4 Å². The Hall–Kier alpha value is -2.39. The second-order valence-electron chi connectivity index (χ2n) is 4.44. The highest BCUT2D eigenvalue weighted by atomic mass is 32.2. The third kappa shape index (κ3) is 5.72. The number of primary amides is 1. The molecule has 9 heteroatoms. The van der Waals surface area contributed by atoms with E-state index in [2.05, 4.69) is 11.3 Å². The van der Waals surface area contributed by atoms with Gasteiger partial charge in [-0.15, -0.1) is 0 Å². The van der Waals surface area contributed by atoms with Crippen molar-refractivity contribution in [3.63, 3.8) is 0 Å². The molecule has 3 N–H and O–H groups in total. The molecule has 1 aromatic rings. The molecule has 0 aromatic heterocycles. The number of methoxy groups -OCH3 is 1. The van der Waals surface area contributed by atoms with Crippen LogP contribution < -0.4 is 15.2 Å². The first-order chi connectivity index (χ1) is 10.8. The molecule has 0 bridgehead atoms. The van der Waals surface area contributed by atoms with E-state index >= 15 is 0 Å². The summed E-state index contributed by atoms with van der Waals surface area (Å²) >= 11 is 0. The Bertz CT molecular complexity index is 669. The van der Waals surface area contributed by atoms with Gasteiger partial charge >= 0.3 is 5.97 Å². The largest absolute Gasteiger partial charge is 0.497 e. The van der Waals surface area contributed by atoms with Crippen LogP contribution in [-0.4, -0.2) is 40.1 Å². The molecular formula is C14H18N2O6S. The minimum Gasteiger partial charge on any atom is -0.497 e. The maximum Gasteiger partial charge on any atom is 0.325 e. The summed E-state index contributed by atoms with van der Waals surface area (Å²) in [6, 6.07) is 4.09. The molecule has 1 rings (SSSR count). The summed E-state index contributed by atoms with van der Waals surface area (Å²) in [6.07, 6.45) is 0.794. The van der Waals surface area contributed by atoms with Crippen LogP contribution in [0.5, 0.6) is 5.75 Å². The van der Waals surface area contributed by atoms with E-state index in [1.165, 1.54) is 37.5 Å². The number of amides is 1. The van der Waals surface area contributed by atoms with Gasteiger partial charge in [-0.1, -0.05) is 12.7 Å². The van der Waals surface area contributed by atoms with Gasteiger partial charge in [0, 0.05) is 0 Å². The van der Waals surface area contributed by atoms with Crippen LogP contribution in [0.1, 0.15) is 6.42 Å². The van der Waals surface area contributed by atoms with Crippen molar-refractivity contribution in [2.45, 2.75) is 17.4 Å². The number of rotatable bonds is 9. The van der Waals surface area contributed by atoms with Crippen LogP contribution in [-0.2, 0) is 24.3 Å². The Labute approximate surface area is 134 Å². The van der Waals surface area contributed by atoms with Gasteiger partial charge in [-0.3, -0.25) is 9.59 Å². The summed E-state index contributed by atoms with van der Waals surface area (Å²) < 4.78 is 36.3. The highest BCUT2D eigenvalue weighted by Crippen LogP contribution is 2.16.